The number of sulfonamides is 1. The fourth-order valence-corrected chi connectivity index (χ4v) is 4.78. The van der Waals surface area contributed by atoms with Gasteiger partial charge < -0.3 is 5.32 Å². The van der Waals surface area contributed by atoms with E-state index in [0.717, 1.165) is 29.8 Å². The Morgan fingerprint density at radius 1 is 0.846 bits per heavy atom. The van der Waals surface area contributed by atoms with E-state index in [1.54, 1.807) is 24.3 Å². The van der Waals surface area contributed by atoms with Crippen molar-refractivity contribution in [3.8, 4) is 0 Å². The highest BCUT2D eigenvalue weighted by molar-refractivity contribution is 7.92. The van der Waals surface area contributed by atoms with E-state index >= 15 is 0 Å². The van der Waals surface area contributed by atoms with Gasteiger partial charge in [0.1, 0.15) is 0 Å². The summed E-state index contributed by atoms with van der Waals surface area (Å²) in [6.07, 6.45) is 0.910. The van der Waals surface area contributed by atoms with Crippen molar-refractivity contribution in [2.45, 2.75) is 17.9 Å². The molecule has 26 heavy (non-hydrogen) atoms. The molecule has 0 saturated carbocycles. The third kappa shape index (κ3) is 3.06. The van der Waals surface area contributed by atoms with Crippen LogP contribution in [0.15, 0.2) is 83.8 Å². The van der Waals surface area contributed by atoms with Gasteiger partial charge in [0.15, 0.2) is 0 Å². The van der Waals surface area contributed by atoms with Crippen molar-refractivity contribution in [2.24, 2.45) is 0 Å². The molecular formula is C21H20N2O2S. The third-order valence-corrected chi connectivity index (χ3v) is 6.37. The standard InChI is InChI=1S/C21H20N2O2S/c24-26(25,19-11-5-2-6-12-19)23(16-17-8-3-1-4-9-17)20-13-7-10-18-14-15-22-21(18)20/h1-13,22H,14-16H2. The molecule has 1 aliphatic rings. The van der Waals surface area contributed by atoms with Crippen LogP contribution in [0, 0.1) is 0 Å². The summed E-state index contributed by atoms with van der Waals surface area (Å²) in [4.78, 5) is 0.298. The Morgan fingerprint density at radius 3 is 2.27 bits per heavy atom. The van der Waals surface area contributed by atoms with Gasteiger partial charge in [-0.25, -0.2) is 8.42 Å². The van der Waals surface area contributed by atoms with E-state index in [0.29, 0.717) is 10.6 Å². The van der Waals surface area contributed by atoms with Gasteiger partial charge in [-0.3, -0.25) is 4.31 Å². The molecule has 4 nitrogen and oxygen atoms in total. The number of para-hydroxylation sites is 1. The molecule has 0 aromatic heterocycles. The summed E-state index contributed by atoms with van der Waals surface area (Å²) in [6.45, 7) is 1.12. The van der Waals surface area contributed by atoms with Crippen molar-refractivity contribution in [1.29, 1.82) is 0 Å². The molecule has 1 aliphatic heterocycles. The van der Waals surface area contributed by atoms with Crippen molar-refractivity contribution in [3.05, 3.63) is 90.0 Å². The van der Waals surface area contributed by atoms with Crippen LogP contribution in [0.3, 0.4) is 0 Å². The van der Waals surface area contributed by atoms with Gasteiger partial charge in [-0.2, -0.15) is 0 Å². The average molecular weight is 364 g/mol. The number of nitrogens with one attached hydrogen (secondary N) is 1. The van der Waals surface area contributed by atoms with Gasteiger partial charge >= 0.3 is 0 Å². The lowest BCUT2D eigenvalue weighted by Crippen LogP contribution is -2.31. The molecular weight excluding hydrogens is 344 g/mol. The maximum absolute atomic E-state index is 13.4. The first kappa shape index (κ1) is 16.7. The van der Waals surface area contributed by atoms with Crippen molar-refractivity contribution < 1.29 is 8.42 Å². The number of nitrogens with zero attached hydrogens (tertiary/aromatic N) is 1. The molecule has 0 saturated heterocycles. The third-order valence-electron chi connectivity index (χ3n) is 4.59. The van der Waals surface area contributed by atoms with E-state index in [1.165, 1.54) is 4.31 Å². The lowest BCUT2D eigenvalue weighted by atomic mass is 10.1. The first-order valence-electron chi connectivity index (χ1n) is 8.64. The van der Waals surface area contributed by atoms with Gasteiger partial charge in [-0.1, -0.05) is 60.7 Å². The Bertz CT molecular complexity index is 1000. The first-order valence-corrected chi connectivity index (χ1v) is 10.1. The van der Waals surface area contributed by atoms with Crippen LogP contribution in [0.25, 0.3) is 0 Å². The molecule has 0 aliphatic carbocycles. The zero-order valence-electron chi connectivity index (χ0n) is 14.3. The van der Waals surface area contributed by atoms with Crippen LogP contribution in [0.2, 0.25) is 0 Å². The van der Waals surface area contributed by atoms with Crippen molar-refractivity contribution in [3.63, 3.8) is 0 Å². The van der Waals surface area contributed by atoms with Crippen LogP contribution in [-0.2, 0) is 23.0 Å². The fourth-order valence-electron chi connectivity index (χ4n) is 3.30. The number of anilines is 2. The summed E-state index contributed by atoms with van der Waals surface area (Å²) in [5, 5.41) is 3.35. The maximum atomic E-state index is 13.4. The second-order valence-electron chi connectivity index (χ2n) is 6.30. The Kier molecular flexibility index (Phi) is 4.39. The minimum atomic E-state index is -3.68. The summed E-state index contributed by atoms with van der Waals surface area (Å²) in [6, 6.07) is 24.1. The zero-order valence-corrected chi connectivity index (χ0v) is 15.1. The highest BCUT2D eigenvalue weighted by atomic mass is 32.2. The second kappa shape index (κ2) is 6.84. The summed E-state index contributed by atoms with van der Waals surface area (Å²) in [5.41, 5.74) is 3.72. The summed E-state index contributed by atoms with van der Waals surface area (Å²) >= 11 is 0. The van der Waals surface area contributed by atoms with E-state index in [-0.39, 0.29) is 6.54 Å². The highest BCUT2D eigenvalue weighted by Crippen LogP contribution is 2.37. The van der Waals surface area contributed by atoms with E-state index < -0.39 is 10.0 Å². The Balaban J connectivity index is 1.84. The van der Waals surface area contributed by atoms with Crippen LogP contribution in [0.1, 0.15) is 11.1 Å². The number of rotatable bonds is 5. The SMILES string of the molecule is O=S(=O)(c1ccccc1)N(Cc1ccccc1)c1cccc2c1NCC2. The molecule has 0 amide bonds. The maximum Gasteiger partial charge on any atom is 0.264 e. The topological polar surface area (TPSA) is 49.4 Å². The summed E-state index contributed by atoms with van der Waals surface area (Å²) in [7, 11) is -3.68. The summed E-state index contributed by atoms with van der Waals surface area (Å²) in [5.74, 6) is 0. The minimum absolute atomic E-state index is 0.288. The Labute approximate surface area is 154 Å². The fraction of sp³-hybridized carbons (Fsp3) is 0.143. The van der Waals surface area contributed by atoms with E-state index in [9.17, 15) is 8.42 Å². The van der Waals surface area contributed by atoms with Gasteiger partial charge in [-0.05, 0) is 35.7 Å². The zero-order chi connectivity index (χ0) is 18.0. The Hall–Kier alpha value is -2.79. The van der Waals surface area contributed by atoms with Gasteiger partial charge in [0.25, 0.3) is 10.0 Å². The van der Waals surface area contributed by atoms with Gasteiger partial charge in [0, 0.05) is 6.54 Å². The Morgan fingerprint density at radius 2 is 1.54 bits per heavy atom. The number of fused-ring (bicyclic) bond motifs is 1. The molecule has 0 bridgehead atoms. The van der Waals surface area contributed by atoms with Gasteiger partial charge in [0.05, 0.1) is 22.8 Å². The monoisotopic (exact) mass is 364 g/mol. The molecule has 0 atom stereocenters. The van der Waals surface area contributed by atoms with Crippen LogP contribution < -0.4 is 9.62 Å². The number of hydrogen-bond donors (Lipinski definition) is 1. The molecule has 0 spiro atoms. The molecule has 1 heterocycles. The van der Waals surface area contributed by atoms with Crippen molar-refractivity contribution >= 4 is 21.4 Å². The van der Waals surface area contributed by atoms with Crippen LogP contribution >= 0.6 is 0 Å². The molecule has 0 fully saturated rings. The van der Waals surface area contributed by atoms with E-state index in [2.05, 4.69) is 11.4 Å². The largest absolute Gasteiger partial charge is 0.383 e. The number of benzene rings is 3. The van der Waals surface area contributed by atoms with E-state index in [4.69, 9.17) is 0 Å². The normalized spacial score (nSPS) is 13.1. The highest BCUT2D eigenvalue weighted by Gasteiger charge is 2.28. The average Bonchev–Trinajstić information content (AvgIpc) is 3.16. The van der Waals surface area contributed by atoms with Crippen molar-refractivity contribution in [2.75, 3.05) is 16.2 Å². The molecule has 5 heteroatoms. The van der Waals surface area contributed by atoms with Crippen LogP contribution in [-0.4, -0.2) is 15.0 Å². The minimum Gasteiger partial charge on any atom is -0.383 e. The smallest absolute Gasteiger partial charge is 0.264 e. The summed E-state index contributed by atoms with van der Waals surface area (Å²) < 4.78 is 28.4. The molecule has 0 radical (unpaired) electrons. The molecule has 3 aromatic rings. The number of hydrogen-bond acceptors (Lipinski definition) is 3. The lowest BCUT2D eigenvalue weighted by molar-refractivity contribution is 0.590. The van der Waals surface area contributed by atoms with Gasteiger partial charge in [-0.15, -0.1) is 0 Å². The lowest BCUT2D eigenvalue weighted by Gasteiger charge is -2.26. The molecule has 132 valence electrons. The molecule has 1 N–H and O–H groups in total. The van der Waals surface area contributed by atoms with E-state index in [1.807, 2.05) is 48.5 Å². The predicted molar refractivity (Wildman–Crippen MR) is 105 cm³/mol. The molecule has 3 aromatic carbocycles. The van der Waals surface area contributed by atoms with Gasteiger partial charge in [0.2, 0.25) is 0 Å². The second-order valence-corrected chi connectivity index (χ2v) is 8.16. The quantitative estimate of drug-likeness (QED) is 0.743. The first-order chi connectivity index (χ1) is 12.7. The molecule has 0 unspecified atom stereocenters. The van der Waals surface area contributed by atoms with Crippen molar-refractivity contribution in [1.82, 2.24) is 0 Å². The molecule has 4 rings (SSSR count). The van der Waals surface area contributed by atoms with Crippen LogP contribution in [0.4, 0.5) is 11.4 Å². The predicted octanol–water partition coefficient (Wildman–Crippen LogP) is 4.05. The van der Waals surface area contributed by atoms with Crippen LogP contribution in [0.5, 0.6) is 0 Å².